The number of hydrogen-bond acceptors (Lipinski definition) is 2. The van der Waals surface area contributed by atoms with Crippen LogP contribution in [0.15, 0.2) is 47.4 Å². The number of halogens is 1. The number of hydrogen-bond donors (Lipinski definition) is 0. The summed E-state index contributed by atoms with van der Waals surface area (Å²) in [5, 5.41) is 0.797. The molecule has 0 bridgehead atoms. The van der Waals surface area contributed by atoms with Crippen LogP contribution in [0.25, 0.3) is 0 Å². The number of rotatable bonds is 4. The molecule has 0 fully saturated rings. The highest BCUT2D eigenvalue weighted by molar-refractivity contribution is 9.08. The molecule has 1 nitrogen and oxygen atoms in total. The lowest BCUT2D eigenvalue weighted by Gasteiger charge is -2.12. The molecule has 18 heavy (non-hydrogen) atoms. The zero-order chi connectivity index (χ0) is 13.0. The summed E-state index contributed by atoms with van der Waals surface area (Å²) >= 11 is 5.20. The minimum atomic E-state index is 0.797. The van der Waals surface area contributed by atoms with Crippen molar-refractivity contribution < 1.29 is 4.74 Å². The van der Waals surface area contributed by atoms with Crippen molar-refractivity contribution in [2.45, 2.75) is 17.1 Å². The molecule has 0 aromatic heterocycles. The average Bonchev–Trinajstić information content (AvgIpc) is 2.41. The third-order valence-electron chi connectivity index (χ3n) is 2.65. The van der Waals surface area contributed by atoms with Crippen LogP contribution < -0.4 is 4.74 Å². The van der Waals surface area contributed by atoms with Gasteiger partial charge in [-0.05, 0) is 31.4 Å². The van der Waals surface area contributed by atoms with Crippen molar-refractivity contribution >= 4 is 27.7 Å². The highest BCUT2D eigenvalue weighted by Gasteiger charge is 2.07. The average molecular weight is 323 g/mol. The molecule has 0 aliphatic heterocycles. The Balaban J connectivity index is 2.33. The van der Waals surface area contributed by atoms with Crippen LogP contribution in [0.2, 0.25) is 0 Å². The molecule has 0 saturated heterocycles. The van der Waals surface area contributed by atoms with E-state index >= 15 is 0 Å². The second-order valence-corrected chi connectivity index (χ2v) is 5.41. The second kappa shape index (κ2) is 6.30. The summed E-state index contributed by atoms with van der Waals surface area (Å²) in [7, 11) is 0. The van der Waals surface area contributed by atoms with Crippen molar-refractivity contribution in [3.63, 3.8) is 0 Å². The summed E-state index contributed by atoms with van der Waals surface area (Å²) in [4.78, 5) is 1.15. The Hall–Kier alpha value is -0.930. The lowest BCUT2D eigenvalue weighted by atomic mass is 10.1. The highest BCUT2D eigenvalue weighted by Crippen LogP contribution is 2.33. The van der Waals surface area contributed by atoms with E-state index < -0.39 is 0 Å². The zero-order valence-corrected chi connectivity index (χ0v) is 12.8. The van der Waals surface area contributed by atoms with Crippen molar-refractivity contribution in [1.29, 1.82) is 0 Å². The van der Waals surface area contributed by atoms with Crippen LogP contribution in [0, 0.1) is 6.92 Å². The number of ether oxygens (including phenoxy) is 1. The van der Waals surface area contributed by atoms with Crippen molar-refractivity contribution in [1.82, 2.24) is 0 Å². The Labute approximate surface area is 121 Å². The molecule has 2 aromatic carbocycles. The van der Waals surface area contributed by atoms with E-state index in [0.717, 1.165) is 21.7 Å². The van der Waals surface area contributed by atoms with Gasteiger partial charge in [0.15, 0.2) is 0 Å². The lowest BCUT2D eigenvalue weighted by molar-refractivity contribution is 0.467. The van der Waals surface area contributed by atoms with E-state index in [-0.39, 0.29) is 0 Å². The molecule has 0 N–H and O–H groups in total. The quantitative estimate of drug-likeness (QED) is 0.550. The number of thioether (sulfide) groups is 1. The topological polar surface area (TPSA) is 9.23 Å². The van der Waals surface area contributed by atoms with Gasteiger partial charge in [-0.25, -0.2) is 0 Å². The van der Waals surface area contributed by atoms with Gasteiger partial charge in [0, 0.05) is 15.8 Å². The fraction of sp³-hybridized carbons (Fsp3) is 0.200. The van der Waals surface area contributed by atoms with Crippen LogP contribution in [-0.4, -0.2) is 6.26 Å². The molecule has 0 unspecified atom stereocenters. The maximum Gasteiger partial charge on any atom is 0.140 e. The van der Waals surface area contributed by atoms with E-state index in [4.69, 9.17) is 4.74 Å². The van der Waals surface area contributed by atoms with E-state index in [1.54, 1.807) is 11.8 Å². The Morgan fingerprint density at radius 3 is 2.61 bits per heavy atom. The molecule has 0 spiro atoms. The highest BCUT2D eigenvalue weighted by atomic mass is 79.9. The number of para-hydroxylation sites is 1. The van der Waals surface area contributed by atoms with Crippen molar-refractivity contribution in [2.75, 3.05) is 6.26 Å². The maximum atomic E-state index is 6.03. The van der Waals surface area contributed by atoms with Gasteiger partial charge >= 0.3 is 0 Å². The van der Waals surface area contributed by atoms with Gasteiger partial charge < -0.3 is 4.74 Å². The Bertz CT molecular complexity index is 540. The first-order chi connectivity index (χ1) is 8.74. The van der Waals surface area contributed by atoms with Crippen LogP contribution in [-0.2, 0) is 5.33 Å². The van der Waals surface area contributed by atoms with E-state index in [1.165, 1.54) is 11.1 Å². The summed E-state index contributed by atoms with van der Waals surface area (Å²) in [5.41, 5.74) is 2.42. The molecule has 3 heteroatoms. The van der Waals surface area contributed by atoms with Crippen molar-refractivity contribution in [3.05, 3.63) is 53.6 Å². The molecule has 0 aliphatic rings. The van der Waals surface area contributed by atoms with Crippen LogP contribution in [0.1, 0.15) is 11.1 Å². The predicted molar refractivity (Wildman–Crippen MR) is 82.1 cm³/mol. The van der Waals surface area contributed by atoms with Crippen LogP contribution in [0.3, 0.4) is 0 Å². The SMILES string of the molecule is CSc1ccccc1Oc1ccc(C)cc1CBr. The number of benzene rings is 2. The Morgan fingerprint density at radius 1 is 1.11 bits per heavy atom. The van der Waals surface area contributed by atoms with Gasteiger partial charge in [-0.15, -0.1) is 11.8 Å². The van der Waals surface area contributed by atoms with Gasteiger partial charge in [-0.2, -0.15) is 0 Å². The van der Waals surface area contributed by atoms with E-state index in [1.807, 2.05) is 24.3 Å². The summed E-state index contributed by atoms with van der Waals surface area (Å²) < 4.78 is 6.03. The van der Waals surface area contributed by atoms with Crippen molar-refractivity contribution in [3.8, 4) is 11.5 Å². The maximum absolute atomic E-state index is 6.03. The fourth-order valence-corrected chi connectivity index (χ4v) is 2.70. The molecule has 0 radical (unpaired) electrons. The summed E-state index contributed by atoms with van der Waals surface area (Å²) in [5.74, 6) is 1.83. The molecule has 0 saturated carbocycles. The third kappa shape index (κ3) is 3.09. The summed E-state index contributed by atoms with van der Waals surface area (Å²) in [6.45, 7) is 2.09. The molecule has 0 atom stereocenters. The van der Waals surface area contributed by atoms with Gasteiger partial charge in [-0.3, -0.25) is 0 Å². The van der Waals surface area contributed by atoms with Crippen LogP contribution >= 0.6 is 27.7 Å². The normalized spacial score (nSPS) is 10.4. The zero-order valence-electron chi connectivity index (χ0n) is 10.4. The minimum absolute atomic E-state index is 0.797. The second-order valence-electron chi connectivity index (χ2n) is 4.00. The Kier molecular flexibility index (Phi) is 4.72. The minimum Gasteiger partial charge on any atom is -0.456 e. The summed E-state index contributed by atoms with van der Waals surface area (Å²) in [6.07, 6.45) is 2.06. The van der Waals surface area contributed by atoms with Crippen molar-refractivity contribution in [2.24, 2.45) is 0 Å². The first-order valence-electron chi connectivity index (χ1n) is 5.71. The van der Waals surface area contributed by atoms with E-state index in [9.17, 15) is 0 Å². The number of alkyl halides is 1. The molecule has 2 rings (SSSR count). The van der Waals surface area contributed by atoms with E-state index in [0.29, 0.717) is 0 Å². The van der Waals surface area contributed by atoms with E-state index in [2.05, 4.69) is 47.3 Å². The van der Waals surface area contributed by atoms with Gasteiger partial charge in [0.05, 0.1) is 0 Å². The molecule has 0 heterocycles. The van der Waals surface area contributed by atoms with Crippen LogP contribution in [0.5, 0.6) is 11.5 Å². The smallest absolute Gasteiger partial charge is 0.140 e. The molecular formula is C15H15BrOS. The summed E-state index contributed by atoms with van der Waals surface area (Å²) in [6, 6.07) is 14.3. The predicted octanol–water partition coefficient (Wildman–Crippen LogP) is 5.40. The number of aryl methyl sites for hydroxylation is 1. The van der Waals surface area contributed by atoms with Gasteiger partial charge in [0.2, 0.25) is 0 Å². The first-order valence-corrected chi connectivity index (χ1v) is 8.05. The van der Waals surface area contributed by atoms with Gasteiger partial charge in [-0.1, -0.05) is 45.8 Å². The van der Waals surface area contributed by atoms with Crippen LogP contribution in [0.4, 0.5) is 0 Å². The molecule has 94 valence electrons. The molecule has 2 aromatic rings. The largest absolute Gasteiger partial charge is 0.456 e. The Morgan fingerprint density at radius 2 is 1.89 bits per heavy atom. The monoisotopic (exact) mass is 322 g/mol. The van der Waals surface area contributed by atoms with Gasteiger partial charge in [0.1, 0.15) is 11.5 Å². The van der Waals surface area contributed by atoms with Gasteiger partial charge in [0.25, 0.3) is 0 Å². The fourth-order valence-electron chi connectivity index (χ4n) is 1.73. The molecular weight excluding hydrogens is 308 g/mol. The first kappa shape index (κ1) is 13.5. The molecule has 0 amide bonds. The molecule has 0 aliphatic carbocycles. The third-order valence-corrected chi connectivity index (χ3v) is 4.03. The lowest BCUT2D eigenvalue weighted by Crippen LogP contribution is -1.91. The standard InChI is InChI=1S/C15H15BrOS/c1-11-7-8-13(12(9-11)10-16)17-14-5-3-4-6-15(14)18-2/h3-9H,10H2,1-2H3.